The molecule has 0 amide bonds. The van der Waals surface area contributed by atoms with Crippen LogP contribution in [-0.2, 0) is 0 Å². The number of thioether (sulfide) groups is 1. The zero-order valence-electron chi connectivity index (χ0n) is 15.3. The number of hydrogen-bond donors (Lipinski definition) is 0. The quantitative estimate of drug-likeness (QED) is 0.265. The first-order chi connectivity index (χ1) is 14.0. The Morgan fingerprint density at radius 2 is 1.83 bits per heavy atom. The minimum Gasteiger partial charge on any atom is -0.461 e. The van der Waals surface area contributed by atoms with Gasteiger partial charge in [-0.15, -0.1) is 10.2 Å². The molecule has 0 N–H and O–H groups in total. The van der Waals surface area contributed by atoms with Gasteiger partial charge in [-0.05, 0) is 61.0 Å². The van der Waals surface area contributed by atoms with Gasteiger partial charge >= 0.3 is 0 Å². The van der Waals surface area contributed by atoms with E-state index in [4.69, 9.17) is 27.6 Å². The maximum atomic E-state index is 12.6. The number of aromatic nitrogens is 3. The zero-order chi connectivity index (χ0) is 20.4. The van der Waals surface area contributed by atoms with E-state index in [0.29, 0.717) is 32.3 Å². The van der Waals surface area contributed by atoms with E-state index in [2.05, 4.69) is 10.2 Å². The summed E-state index contributed by atoms with van der Waals surface area (Å²) in [6.45, 7) is 1.98. The molecule has 0 aliphatic rings. The van der Waals surface area contributed by atoms with Gasteiger partial charge in [-0.2, -0.15) is 0 Å². The van der Waals surface area contributed by atoms with E-state index in [1.165, 1.54) is 11.8 Å². The Morgan fingerprint density at radius 1 is 1.07 bits per heavy atom. The number of ketones is 1. The molecular weight excluding hydrogens is 429 g/mol. The van der Waals surface area contributed by atoms with Gasteiger partial charge in [0.05, 0.1) is 17.7 Å². The molecule has 0 aliphatic heterocycles. The van der Waals surface area contributed by atoms with Crippen LogP contribution in [0, 0.1) is 6.92 Å². The summed E-state index contributed by atoms with van der Waals surface area (Å²) in [6, 6.07) is 16.0. The van der Waals surface area contributed by atoms with Gasteiger partial charge in [0.25, 0.3) is 0 Å². The van der Waals surface area contributed by atoms with Crippen LogP contribution in [0.4, 0.5) is 0 Å². The van der Waals surface area contributed by atoms with Gasteiger partial charge in [0.2, 0.25) is 5.82 Å². The van der Waals surface area contributed by atoms with E-state index < -0.39 is 0 Å². The Labute approximate surface area is 181 Å². The van der Waals surface area contributed by atoms with E-state index in [-0.39, 0.29) is 11.5 Å². The van der Waals surface area contributed by atoms with Crippen molar-refractivity contribution >= 4 is 40.7 Å². The van der Waals surface area contributed by atoms with Crippen LogP contribution in [-0.4, -0.2) is 26.3 Å². The lowest BCUT2D eigenvalue weighted by Crippen LogP contribution is -2.05. The number of benzene rings is 2. The molecule has 0 saturated heterocycles. The highest BCUT2D eigenvalue weighted by Gasteiger charge is 2.20. The Bertz CT molecular complexity index is 1160. The second-order valence-electron chi connectivity index (χ2n) is 6.27. The molecule has 0 radical (unpaired) electrons. The largest absolute Gasteiger partial charge is 0.461 e. The summed E-state index contributed by atoms with van der Waals surface area (Å²) in [5.74, 6) is 1.30. The molecule has 0 saturated carbocycles. The average Bonchev–Trinajstić information content (AvgIpc) is 3.38. The van der Waals surface area contributed by atoms with E-state index in [1.807, 2.05) is 35.8 Å². The third-order valence-electron chi connectivity index (χ3n) is 4.29. The summed E-state index contributed by atoms with van der Waals surface area (Å²) in [5.41, 5.74) is 2.42. The van der Waals surface area contributed by atoms with Gasteiger partial charge in [0.1, 0.15) is 0 Å². The van der Waals surface area contributed by atoms with Gasteiger partial charge in [0, 0.05) is 15.6 Å². The van der Waals surface area contributed by atoms with Gasteiger partial charge in [-0.3, -0.25) is 9.36 Å². The number of rotatable bonds is 6. The van der Waals surface area contributed by atoms with Crippen LogP contribution in [0.25, 0.3) is 17.3 Å². The predicted molar refractivity (Wildman–Crippen MR) is 115 cm³/mol. The number of furan rings is 1. The number of Topliss-reactive ketones (excluding diaryl/α,β-unsaturated/α-hetero) is 1. The van der Waals surface area contributed by atoms with E-state index in [1.54, 1.807) is 36.6 Å². The minimum atomic E-state index is -0.0245. The Balaban J connectivity index is 1.69. The Kier molecular flexibility index (Phi) is 5.76. The molecule has 146 valence electrons. The van der Waals surface area contributed by atoms with Crippen molar-refractivity contribution in [2.75, 3.05) is 5.75 Å². The van der Waals surface area contributed by atoms with Crippen LogP contribution in [0.1, 0.15) is 15.9 Å². The highest BCUT2D eigenvalue weighted by atomic mass is 35.5. The second kappa shape index (κ2) is 8.45. The molecule has 29 heavy (non-hydrogen) atoms. The highest BCUT2D eigenvalue weighted by molar-refractivity contribution is 7.99. The van der Waals surface area contributed by atoms with Crippen LogP contribution >= 0.6 is 35.0 Å². The molecule has 0 unspecified atom stereocenters. The van der Waals surface area contributed by atoms with Crippen molar-refractivity contribution < 1.29 is 9.21 Å². The molecule has 2 aromatic heterocycles. The maximum absolute atomic E-state index is 12.6. The lowest BCUT2D eigenvalue weighted by Gasteiger charge is -2.12. The lowest BCUT2D eigenvalue weighted by atomic mass is 10.1. The molecule has 0 fully saturated rings. The van der Waals surface area contributed by atoms with Crippen LogP contribution < -0.4 is 0 Å². The lowest BCUT2D eigenvalue weighted by molar-refractivity contribution is 0.102. The third kappa shape index (κ3) is 4.24. The van der Waals surface area contributed by atoms with Gasteiger partial charge in [-0.1, -0.05) is 41.0 Å². The zero-order valence-corrected chi connectivity index (χ0v) is 17.6. The van der Waals surface area contributed by atoms with Crippen molar-refractivity contribution in [1.29, 1.82) is 0 Å². The van der Waals surface area contributed by atoms with Crippen molar-refractivity contribution in [3.05, 3.63) is 82.0 Å². The summed E-state index contributed by atoms with van der Waals surface area (Å²) in [4.78, 5) is 12.6. The van der Waals surface area contributed by atoms with Crippen LogP contribution in [0.2, 0.25) is 10.0 Å². The summed E-state index contributed by atoms with van der Waals surface area (Å²) in [7, 11) is 0. The fourth-order valence-corrected chi connectivity index (χ4v) is 3.95. The number of carbonyl (C=O) groups excluding carboxylic acids is 1. The first-order valence-electron chi connectivity index (χ1n) is 8.70. The second-order valence-corrected chi connectivity index (χ2v) is 8.08. The SMILES string of the molecule is Cc1ccc(Cl)cc1-n1c(SCC(=O)c2ccc(Cl)cc2)nnc1-c1ccco1. The molecule has 4 aromatic rings. The number of halogens is 2. The molecule has 2 aromatic carbocycles. The van der Waals surface area contributed by atoms with Crippen molar-refractivity contribution in [1.82, 2.24) is 14.8 Å². The van der Waals surface area contributed by atoms with Crippen LogP contribution in [0.3, 0.4) is 0 Å². The fourth-order valence-electron chi connectivity index (χ4n) is 2.82. The summed E-state index contributed by atoms with van der Waals surface area (Å²) in [6.07, 6.45) is 1.58. The summed E-state index contributed by atoms with van der Waals surface area (Å²) >= 11 is 13.4. The smallest absolute Gasteiger partial charge is 0.205 e. The normalized spacial score (nSPS) is 11.0. The van der Waals surface area contributed by atoms with E-state index >= 15 is 0 Å². The standard InChI is InChI=1S/C21H15Cl2N3O2S/c1-13-4-7-16(23)11-17(13)26-20(19-3-2-10-28-19)24-25-21(26)29-12-18(27)14-5-8-15(22)9-6-14/h2-11H,12H2,1H3. The van der Waals surface area contributed by atoms with E-state index in [9.17, 15) is 4.79 Å². The minimum absolute atomic E-state index is 0.0245. The molecule has 0 aliphatic carbocycles. The van der Waals surface area contributed by atoms with Crippen molar-refractivity contribution in [3.63, 3.8) is 0 Å². The van der Waals surface area contributed by atoms with E-state index in [0.717, 1.165) is 11.3 Å². The third-order valence-corrected chi connectivity index (χ3v) is 5.70. The monoisotopic (exact) mass is 443 g/mol. The molecule has 0 spiro atoms. The molecule has 5 nitrogen and oxygen atoms in total. The maximum Gasteiger partial charge on any atom is 0.205 e. The molecule has 4 rings (SSSR count). The molecule has 2 heterocycles. The highest BCUT2D eigenvalue weighted by Crippen LogP contribution is 2.31. The molecule has 0 bridgehead atoms. The first-order valence-corrected chi connectivity index (χ1v) is 10.4. The average molecular weight is 444 g/mol. The number of aryl methyl sites for hydroxylation is 1. The van der Waals surface area contributed by atoms with Crippen molar-refractivity contribution in [2.45, 2.75) is 12.1 Å². The van der Waals surface area contributed by atoms with Crippen molar-refractivity contribution in [3.8, 4) is 17.3 Å². The fraction of sp³-hybridized carbons (Fsp3) is 0.0952. The van der Waals surface area contributed by atoms with Crippen molar-refractivity contribution in [2.24, 2.45) is 0 Å². The number of hydrogen-bond acceptors (Lipinski definition) is 5. The van der Waals surface area contributed by atoms with Crippen LogP contribution in [0.5, 0.6) is 0 Å². The van der Waals surface area contributed by atoms with Gasteiger partial charge in [-0.25, -0.2) is 0 Å². The Hall–Kier alpha value is -2.54. The molecule has 8 heteroatoms. The number of carbonyl (C=O) groups is 1. The topological polar surface area (TPSA) is 60.9 Å². The number of nitrogens with zero attached hydrogens (tertiary/aromatic N) is 3. The van der Waals surface area contributed by atoms with Gasteiger partial charge in [0.15, 0.2) is 16.7 Å². The first kappa shape index (κ1) is 19.8. The summed E-state index contributed by atoms with van der Waals surface area (Å²) < 4.78 is 7.39. The predicted octanol–water partition coefficient (Wildman–Crippen LogP) is 6.12. The Morgan fingerprint density at radius 3 is 2.55 bits per heavy atom. The van der Waals surface area contributed by atoms with Gasteiger partial charge < -0.3 is 4.42 Å². The summed E-state index contributed by atoms with van der Waals surface area (Å²) in [5, 5.41) is 10.4. The van der Waals surface area contributed by atoms with Crippen LogP contribution in [0.15, 0.2) is 70.4 Å². The molecular formula is C21H15Cl2N3O2S. The molecule has 0 atom stereocenters.